The van der Waals surface area contributed by atoms with E-state index in [1.165, 1.54) is 0 Å². The van der Waals surface area contributed by atoms with Crippen LogP contribution in [-0.4, -0.2) is 27.6 Å². The number of imidazole rings is 1. The maximum absolute atomic E-state index is 12.5. The minimum atomic E-state index is -0.0454. The van der Waals surface area contributed by atoms with E-state index in [1.54, 1.807) is 13.3 Å². The number of hydrogen-bond donors (Lipinski definition) is 1. The molecule has 2 aromatic heterocycles. The molecular formula is C19H20N4O2. The number of benzene rings is 1. The smallest absolute Gasteiger partial charge is 0.240 e. The highest BCUT2D eigenvalue weighted by molar-refractivity contribution is 5.81. The summed E-state index contributed by atoms with van der Waals surface area (Å²) in [6, 6.07) is 11.7. The summed E-state index contributed by atoms with van der Waals surface area (Å²) in [5.41, 5.74) is 2.82. The van der Waals surface area contributed by atoms with Crippen molar-refractivity contribution in [1.29, 1.82) is 0 Å². The van der Waals surface area contributed by atoms with Gasteiger partial charge in [-0.3, -0.25) is 4.79 Å². The topological polar surface area (TPSA) is 69.0 Å². The Bertz CT molecular complexity index is 915. The Morgan fingerprint density at radius 3 is 2.92 bits per heavy atom. The van der Waals surface area contributed by atoms with Gasteiger partial charge in [0.25, 0.3) is 0 Å². The van der Waals surface area contributed by atoms with Crippen molar-refractivity contribution in [1.82, 2.24) is 19.9 Å². The second-order valence-electron chi connectivity index (χ2n) is 6.27. The molecule has 0 bridgehead atoms. The number of para-hydroxylation sites is 2. The second kappa shape index (κ2) is 6.55. The van der Waals surface area contributed by atoms with E-state index >= 15 is 0 Å². The molecule has 2 heterocycles. The first-order chi connectivity index (χ1) is 12.3. The standard InChI is InChI=1S/C19H20N4O2/c1-25-19-14(5-4-10-20-19)11-21-17(24)12-23-16-7-3-2-6-15(16)22-18(23)13-8-9-13/h2-7,10,13H,8-9,11-12H2,1H3,(H,21,24). The number of carbonyl (C=O) groups excluding carboxylic acids is 1. The molecule has 6 heteroatoms. The van der Waals surface area contributed by atoms with Crippen LogP contribution in [0.25, 0.3) is 11.0 Å². The van der Waals surface area contributed by atoms with Gasteiger partial charge in [-0.1, -0.05) is 18.2 Å². The quantitative estimate of drug-likeness (QED) is 0.751. The van der Waals surface area contributed by atoms with E-state index in [2.05, 4.69) is 10.3 Å². The van der Waals surface area contributed by atoms with Gasteiger partial charge in [-0.25, -0.2) is 9.97 Å². The van der Waals surface area contributed by atoms with Crippen molar-refractivity contribution in [2.45, 2.75) is 31.8 Å². The Kier molecular flexibility index (Phi) is 4.09. The normalized spacial score (nSPS) is 13.8. The lowest BCUT2D eigenvalue weighted by molar-refractivity contribution is -0.121. The summed E-state index contributed by atoms with van der Waals surface area (Å²) in [4.78, 5) is 21.4. The molecule has 128 valence electrons. The Balaban J connectivity index is 1.51. The number of pyridine rings is 1. The molecule has 1 amide bonds. The first-order valence-electron chi connectivity index (χ1n) is 8.46. The van der Waals surface area contributed by atoms with E-state index in [0.717, 1.165) is 35.3 Å². The number of carbonyl (C=O) groups is 1. The molecule has 25 heavy (non-hydrogen) atoms. The molecule has 0 aliphatic heterocycles. The van der Waals surface area contributed by atoms with E-state index < -0.39 is 0 Å². The first kappa shape index (κ1) is 15.6. The molecule has 1 aliphatic rings. The van der Waals surface area contributed by atoms with Gasteiger partial charge in [-0.15, -0.1) is 0 Å². The Hall–Kier alpha value is -2.89. The number of amides is 1. The number of hydrogen-bond acceptors (Lipinski definition) is 4. The van der Waals surface area contributed by atoms with Crippen molar-refractivity contribution in [3.8, 4) is 5.88 Å². The number of aromatic nitrogens is 3. The van der Waals surface area contributed by atoms with Crippen molar-refractivity contribution in [2.24, 2.45) is 0 Å². The SMILES string of the molecule is COc1ncccc1CNC(=O)Cn1c(C2CC2)nc2ccccc21. The van der Waals surface area contributed by atoms with Crippen LogP contribution in [0.4, 0.5) is 0 Å². The highest BCUT2D eigenvalue weighted by Gasteiger charge is 2.30. The molecule has 0 saturated heterocycles. The summed E-state index contributed by atoms with van der Waals surface area (Å²) in [7, 11) is 1.58. The summed E-state index contributed by atoms with van der Waals surface area (Å²) >= 11 is 0. The van der Waals surface area contributed by atoms with Crippen LogP contribution < -0.4 is 10.1 Å². The summed E-state index contributed by atoms with van der Waals surface area (Å²) in [6.07, 6.45) is 3.97. The largest absolute Gasteiger partial charge is 0.481 e. The van der Waals surface area contributed by atoms with E-state index in [4.69, 9.17) is 9.72 Å². The fourth-order valence-corrected chi connectivity index (χ4v) is 3.05. The zero-order chi connectivity index (χ0) is 17.2. The maximum atomic E-state index is 12.5. The monoisotopic (exact) mass is 336 g/mol. The fraction of sp³-hybridized carbons (Fsp3) is 0.316. The average Bonchev–Trinajstić information content (AvgIpc) is 3.43. The minimum Gasteiger partial charge on any atom is -0.481 e. The third kappa shape index (κ3) is 3.20. The van der Waals surface area contributed by atoms with Crippen molar-refractivity contribution >= 4 is 16.9 Å². The van der Waals surface area contributed by atoms with Crippen LogP contribution in [0.3, 0.4) is 0 Å². The molecule has 1 saturated carbocycles. The Labute approximate surface area is 145 Å². The molecular weight excluding hydrogens is 316 g/mol. The van der Waals surface area contributed by atoms with Crippen LogP contribution in [0.1, 0.15) is 30.1 Å². The third-order valence-electron chi connectivity index (χ3n) is 4.45. The summed E-state index contributed by atoms with van der Waals surface area (Å²) < 4.78 is 7.27. The molecule has 3 aromatic rings. The fourth-order valence-electron chi connectivity index (χ4n) is 3.05. The van der Waals surface area contributed by atoms with Gasteiger partial charge in [-0.2, -0.15) is 0 Å². The van der Waals surface area contributed by atoms with E-state index in [9.17, 15) is 4.79 Å². The zero-order valence-electron chi connectivity index (χ0n) is 14.1. The average molecular weight is 336 g/mol. The van der Waals surface area contributed by atoms with Crippen LogP contribution in [0.2, 0.25) is 0 Å². The highest BCUT2D eigenvalue weighted by atomic mass is 16.5. The van der Waals surface area contributed by atoms with Gasteiger partial charge >= 0.3 is 0 Å². The number of fused-ring (bicyclic) bond motifs is 1. The third-order valence-corrected chi connectivity index (χ3v) is 4.45. The predicted octanol–water partition coefficient (Wildman–Crippen LogP) is 2.63. The number of ether oxygens (including phenoxy) is 1. The van der Waals surface area contributed by atoms with Gasteiger partial charge in [0, 0.05) is 24.2 Å². The van der Waals surface area contributed by atoms with Gasteiger partial charge in [0.15, 0.2) is 0 Å². The van der Waals surface area contributed by atoms with Crippen LogP contribution in [0.15, 0.2) is 42.6 Å². The number of rotatable bonds is 6. The van der Waals surface area contributed by atoms with Gasteiger partial charge in [0.1, 0.15) is 12.4 Å². The zero-order valence-corrected chi connectivity index (χ0v) is 14.1. The van der Waals surface area contributed by atoms with E-state index in [1.807, 2.05) is 41.0 Å². The first-order valence-corrected chi connectivity index (χ1v) is 8.46. The van der Waals surface area contributed by atoms with Gasteiger partial charge < -0.3 is 14.6 Å². The molecule has 1 aliphatic carbocycles. The maximum Gasteiger partial charge on any atom is 0.240 e. The lowest BCUT2D eigenvalue weighted by Gasteiger charge is -2.11. The van der Waals surface area contributed by atoms with E-state index in [-0.39, 0.29) is 12.5 Å². The Morgan fingerprint density at radius 2 is 2.12 bits per heavy atom. The Morgan fingerprint density at radius 1 is 1.28 bits per heavy atom. The van der Waals surface area contributed by atoms with E-state index in [0.29, 0.717) is 18.3 Å². The summed E-state index contributed by atoms with van der Waals surface area (Å²) in [6.45, 7) is 0.663. The molecule has 0 atom stereocenters. The molecule has 6 nitrogen and oxygen atoms in total. The van der Waals surface area contributed by atoms with Gasteiger partial charge in [-0.05, 0) is 31.0 Å². The lowest BCUT2D eigenvalue weighted by Crippen LogP contribution is -2.28. The van der Waals surface area contributed by atoms with Gasteiger partial charge in [0.2, 0.25) is 11.8 Å². The summed E-state index contributed by atoms with van der Waals surface area (Å²) in [5.74, 6) is 2.00. The molecule has 1 N–H and O–H groups in total. The molecule has 1 aromatic carbocycles. The highest BCUT2D eigenvalue weighted by Crippen LogP contribution is 2.40. The molecule has 1 fully saturated rings. The van der Waals surface area contributed by atoms with Gasteiger partial charge in [0.05, 0.1) is 18.1 Å². The van der Waals surface area contributed by atoms with Crippen molar-refractivity contribution in [2.75, 3.05) is 7.11 Å². The summed E-state index contributed by atoms with van der Waals surface area (Å²) in [5, 5.41) is 2.96. The van der Waals surface area contributed by atoms with Crippen molar-refractivity contribution < 1.29 is 9.53 Å². The van der Waals surface area contributed by atoms with Crippen molar-refractivity contribution in [3.05, 3.63) is 54.0 Å². The van der Waals surface area contributed by atoms with Crippen LogP contribution >= 0.6 is 0 Å². The molecule has 0 unspecified atom stereocenters. The van der Waals surface area contributed by atoms with Crippen LogP contribution in [-0.2, 0) is 17.9 Å². The molecule has 4 rings (SSSR count). The number of nitrogens with zero attached hydrogens (tertiary/aromatic N) is 3. The number of methoxy groups -OCH3 is 1. The lowest BCUT2D eigenvalue weighted by atomic mass is 10.2. The molecule has 0 spiro atoms. The predicted molar refractivity (Wildman–Crippen MR) is 94.3 cm³/mol. The van der Waals surface area contributed by atoms with Crippen LogP contribution in [0, 0.1) is 0 Å². The minimum absolute atomic E-state index is 0.0454. The second-order valence-corrected chi connectivity index (χ2v) is 6.27. The molecule has 0 radical (unpaired) electrons. The van der Waals surface area contributed by atoms with Crippen molar-refractivity contribution in [3.63, 3.8) is 0 Å². The number of nitrogens with one attached hydrogen (secondary N) is 1. The van der Waals surface area contributed by atoms with Crippen LogP contribution in [0.5, 0.6) is 5.88 Å².